The minimum Gasteiger partial charge on any atom is -0.272 e. The summed E-state index contributed by atoms with van der Waals surface area (Å²) in [6.45, 7) is 1.89. The first-order chi connectivity index (χ1) is 12.0. The van der Waals surface area contributed by atoms with Crippen LogP contribution in [0.15, 0.2) is 59.6 Å². The van der Waals surface area contributed by atoms with Crippen molar-refractivity contribution in [2.45, 2.75) is 30.7 Å². The quantitative estimate of drug-likeness (QED) is 0.831. The Balaban J connectivity index is 1.79. The summed E-state index contributed by atoms with van der Waals surface area (Å²) in [7, 11) is -3.94. The molecule has 25 heavy (non-hydrogen) atoms. The van der Waals surface area contributed by atoms with E-state index in [1.807, 2.05) is 37.3 Å². The molecule has 2 aromatic carbocycles. The highest BCUT2D eigenvalue weighted by atomic mass is 32.2. The minimum absolute atomic E-state index is 0.124. The number of benzene rings is 2. The molecule has 0 aromatic heterocycles. The summed E-state index contributed by atoms with van der Waals surface area (Å²) in [4.78, 5) is 12.6. The van der Waals surface area contributed by atoms with Gasteiger partial charge in [-0.15, -0.1) is 4.41 Å². The Morgan fingerprint density at radius 2 is 1.76 bits per heavy atom. The van der Waals surface area contributed by atoms with Crippen LogP contribution in [0.2, 0.25) is 0 Å². The van der Waals surface area contributed by atoms with E-state index in [1.54, 1.807) is 35.5 Å². The van der Waals surface area contributed by atoms with Crippen LogP contribution in [0.1, 0.15) is 35.6 Å². The molecule has 0 bridgehead atoms. The first-order valence-electron chi connectivity index (χ1n) is 8.19. The van der Waals surface area contributed by atoms with Gasteiger partial charge in [0.15, 0.2) is 0 Å². The Kier molecular flexibility index (Phi) is 3.65. The topological polar surface area (TPSA) is 57.7 Å². The molecule has 1 fully saturated rings. The minimum atomic E-state index is -3.94. The van der Waals surface area contributed by atoms with Gasteiger partial charge in [0, 0.05) is 12.6 Å². The van der Waals surface area contributed by atoms with E-state index in [1.165, 1.54) is 0 Å². The maximum absolute atomic E-state index is 13.1. The number of carbonyl (C=O) groups is 1. The van der Waals surface area contributed by atoms with Crippen molar-refractivity contribution in [2.75, 3.05) is 0 Å². The van der Waals surface area contributed by atoms with Crippen LogP contribution >= 0.6 is 0 Å². The van der Waals surface area contributed by atoms with Crippen LogP contribution in [0.4, 0.5) is 0 Å². The predicted molar refractivity (Wildman–Crippen MR) is 94.5 cm³/mol. The fraction of sp³-hybridized carbons (Fsp3) is 0.211. The molecule has 2 aliphatic heterocycles. The number of hydrazine groups is 1. The van der Waals surface area contributed by atoms with Gasteiger partial charge in [-0.05, 0) is 42.7 Å². The summed E-state index contributed by atoms with van der Waals surface area (Å²) < 4.78 is 27.1. The number of fused-ring (bicyclic) bond motifs is 3. The van der Waals surface area contributed by atoms with Crippen molar-refractivity contribution in [1.82, 2.24) is 9.42 Å². The molecule has 1 saturated heterocycles. The zero-order valence-electron chi connectivity index (χ0n) is 13.8. The van der Waals surface area contributed by atoms with E-state index in [-0.39, 0.29) is 17.4 Å². The average molecular weight is 354 g/mol. The molecule has 2 heterocycles. The SMILES string of the molecule is Cc1ccc(S(=O)(=O)N2C(=O)CC[C@@H]3c4ccccc4C=CN32)cc1. The third-order valence-electron chi connectivity index (χ3n) is 4.68. The number of sulfonamides is 1. The van der Waals surface area contributed by atoms with Crippen LogP contribution in [0.5, 0.6) is 0 Å². The second kappa shape index (κ2) is 5.74. The molecule has 5 nitrogen and oxygen atoms in total. The number of aryl methyl sites for hydroxylation is 1. The van der Waals surface area contributed by atoms with E-state index in [2.05, 4.69) is 0 Å². The average Bonchev–Trinajstić information content (AvgIpc) is 2.61. The lowest BCUT2D eigenvalue weighted by molar-refractivity contribution is -0.142. The summed E-state index contributed by atoms with van der Waals surface area (Å²) in [5, 5.41) is 1.56. The van der Waals surface area contributed by atoms with Gasteiger partial charge in [0.1, 0.15) is 0 Å². The lowest BCUT2D eigenvalue weighted by atomic mass is 9.93. The van der Waals surface area contributed by atoms with Gasteiger partial charge in [-0.1, -0.05) is 42.0 Å². The summed E-state index contributed by atoms with van der Waals surface area (Å²) in [6, 6.07) is 14.3. The number of carbonyl (C=O) groups excluding carboxylic acids is 1. The van der Waals surface area contributed by atoms with E-state index >= 15 is 0 Å². The Morgan fingerprint density at radius 1 is 1.04 bits per heavy atom. The Morgan fingerprint density at radius 3 is 2.52 bits per heavy atom. The van der Waals surface area contributed by atoms with Crippen molar-refractivity contribution >= 4 is 22.0 Å². The molecule has 0 unspecified atom stereocenters. The van der Waals surface area contributed by atoms with Gasteiger partial charge in [-0.25, -0.2) is 0 Å². The lowest BCUT2D eigenvalue weighted by Gasteiger charge is -2.44. The second-order valence-electron chi connectivity index (χ2n) is 6.33. The van der Waals surface area contributed by atoms with Crippen molar-refractivity contribution < 1.29 is 13.2 Å². The molecule has 2 aromatic rings. The van der Waals surface area contributed by atoms with Crippen molar-refractivity contribution in [2.24, 2.45) is 0 Å². The van der Waals surface area contributed by atoms with Gasteiger partial charge < -0.3 is 0 Å². The van der Waals surface area contributed by atoms with Gasteiger partial charge >= 0.3 is 0 Å². The van der Waals surface area contributed by atoms with Gasteiger partial charge in [0.05, 0.1) is 10.9 Å². The fourth-order valence-electron chi connectivity index (χ4n) is 3.40. The van der Waals surface area contributed by atoms with E-state index < -0.39 is 15.9 Å². The maximum atomic E-state index is 13.1. The molecule has 1 amide bonds. The number of nitrogens with zero attached hydrogens (tertiary/aromatic N) is 2. The van der Waals surface area contributed by atoms with Crippen molar-refractivity contribution in [3.8, 4) is 0 Å². The molecule has 128 valence electrons. The van der Waals surface area contributed by atoms with Gasteiger partial charge in [0.25, 0.3) is 15.9 Å². The van der Waals surface area contributed by atoms with Crippen LogP contribution in [-0.4, -0.2) is 23.7 Å². The summed E-state index contributed by atoms with van der Waals surface area (Å²) in [5.41, 5.74) is 3.07. The molecule has 0 N–H and O–H groups in total. The largest absolute Gasteiger partial charge is 0.284 e. The molecular weight excluding hydrogens is 336 g/mol. The number of hydrogen-bond donors (Lipinski definition) is 0. The normalized spacial score (nSPS) is 19.6. The van der Waals surface area contributed by atoms with Crippen molar-refractivity contribution in [3.05, 3.63) is 71.4 Å². The fourth-order valence-corrected chi connectivity index (χ4v) is 4.85. The number of amides is 1. The first kappa shape index (κ1) is 15.9. The third-order valence-corrected chi connectivity index (χ3v) is 6.40. The molecule has 4 rings (SSSR count). The number of hydrogen-bond acceptors (Lipinski definition) is 4. The van der Waals surface area contributed by atoms with E-state index in [0.717, 1.165) is 21.1 Å². The molecule has 6 heteroatoms. The highest BCUT2D eigenvalue weighted by Gasteiger charge is 2.42. The van der Waals surface area contributed by atoms with E-state index in [9.17, 15) is 13.2 Å². The van der Waals surface area contributed by atoms with Gasteiger partial charge in [-0.2, -0.15) is 8.42 Å². The molecule has 1 atom stereocenters. The van der Waals surface area contributed by atoms with Crippen LogP contribution in [-0.2, 0) is 14.8 Å². The Bertz CT molecular complexity index is 964. The smallest absolute Gasteiger partial charge is 0.272 e. The Hall–Kier alpha value is -2.60. The van der Waals surface area contributed by atoms with Gasteiger partial charge in [-0.3, -0.25) is 9.80 Å². The second-order valence-corrected chi connectivity index (χ2v) is 8.10. The zero-order chi connectivity index (χ0) is 17.6. The molecule has 0 saturated carbocycles. The number of rotatable bonds is 2. The molecule has 0 aliphatic carbocycles. The predicted octanol–water partition coefficient (Wildman–Crippen LogP) is 3.25. The van der Waals surface area contributed by atoms with Gasteiger partial charge in [0.2, 0.25) is 0 Å². The maximum Gasteiger partial charge on any atom is 0.284 e. The molecular formula is C19H18N2O3S. The molecule has 0 radical (unpaired) electrons. The summed E-state index contributed by atoms with van der Waals surface area (Å²) >= 11 is 0. The standard InChI is InChI=1S/C19H18N2O3S/c1-14-6-8-16(9-7-14)25(23,24)21-19(22)11-10-18-17-5-3-2-4-15(17)12-13-20(18)21/h2-9,12-13,18H,10-11H2,1H3/t18-/m1/s1. The first-order valence-corrected chi connectivity index (χ1v) is 9.63. The summed E-state index contributed by atoms with van der Waals surface area (Å²) in [5.74, 6) is -0.402. The van der Waals surface area contributed by atoms with Crippen molar-refractivity contribution in [3.63, 3.8) is 0 Å². The highest BCUT2D eigenvalue weighted by Crippen LogP contribution is 2.40. The third kappa shape index (κ3) is 2.53. The molecule has 2 aliphatic rings. The summed E-state index contributed by atoms with van der Waals surface area (Å²) in [6.07, 6.45) is 4.34. The van der Waals surface area contributed by atoms with Crippen LogP contribution < -0.4 is 0 Å². The van der Waals surface area contributed by atoms with Crippen LogP contribution in [0.25, 0.3) is 6.08 Å². The highest BCUT2D eigenvalue weighted by molar-refractivity contribution is 7.89. The monoisotopic (exact) mass is 354 g/mol. The lowest BCUT2D eigenvalue weighted by Crippen LogP contribution is -2.52. The van der Waals surface area contributed by atoms with Crippen molar-refractivity contribution in [1.29, 1.82) is 0 Å². The molecule has 0 spiro atoms. The van der Waals surface area contributed by atoms with E-state index in [0.29, 0.717) is 6.42 Å². The zero-order valence-corrected chi connectivity index (χ0v) is 14.6. The van der Waals surface area contributed by atoms with Crippen LogP contribution in [0.3, 0.4) is 0 Å². The van der Waals surface area contributed by atoms with Crippen LogP contribution in [0, 0.1) is 6.92 Å². The van der Waals surface area contributed by atoms with E-state index in [4.69, 9.17) is 0 Å². The Labute approximate surface area is 147 Å².